The predicted molar refractivity (Wildman–Crippen MR) is 99.2 cm³/mol. The molecular weight excluding hydrogens is 386 g/mol. The molecule has 128 valence electrons. The van der Waals surface area contributed by atoms with Crippen molar-refractivity contribution in [2.75, 3.05) is 25.2 Å². The van der Waals surface area contributed by atoms with Gasteiger partial charge in [-0.25, -0.2) is 4.79 Å². The molecule has 0 aromatic heterocycles. The van der Waals surface area contributed by atoms with E-state index in [9.17, 15) is 9.59 Å². The lowest BCUT2D eigenvalue weighted by molar-refractivity contribution is 0.104. The summed E-state index contributed by atoms with van der Waals surface area (Å²) in [6.07, 6.45) is 2.81. The first-order chi connectivity index (χ1) is 12.1. The van der Waals surface area contributed by atoms with Crippen LogP contribution in [0.15, 0.2) is 53.0 Å². The Bertz CT molecular complexity index is 847. The van der Waals surface area contributed by atoms with Crippen molar-refractivity contribution in [2.24, 2.45) is 0 Å². The van der Waals surface area contributed by atoms with E-state index in [1.165, 1.54) is 11.0 Å². The van der Waals surface area contributed by atoms with E-state index in [0.29, 0.717) is 30.2 Å². The van der Waals surface area contributed by atoms with E-state index in [-0.39, 0.29) is 11.9 Å². The molecule has 2 aromatic rings. The first-order valence-electron chi connectivity index (χ1n) is 7.69. The topological polar surface area (TPSA) is 55.8 Å². The maximum absolute atomic E-state index is 12.5. The number of carbonyl (C=O) groups excluding carboxylic acids is 2. The lowest BCUT2D eigenvalue weighted by atomic mass is 10.1. The molecule has 3 rings (SSSR count). The molecule has 1 saturated heterocycles. The maximum Gasteiger partial charge on any atom is 0.414 e. The van der Waals surface area contributed by atoms with Crippen molar-refractivity contribution < 1.29 is 19.1 Å². The number of carbonyl (C=O) groups is 2. The van der Waals surface area contributed by atoms with E-state index >= 15 is 0 Å². The van der Waals surface area contributed by atoms with Gasteiger partial charge in [0.2, 0.25) is 0 Å². The molecule has 1 amide bonds. The summed E-state index contributed by atoms with van der Waals surface area (Å²) in [5.41, 5.74) is 1.95. The highest BCUT2D eigenvalue weighted by Gasteiger charge is 2.23. The third-order valence-electron chi connectivity index (χ3n) is 3.81. The third-order valence-corrected chi connectivity index (χ3v) is 4.30. The number of methoxy groups -OCH3 is 1. The zero-order valence-corrected chi connectivity index (χ0v) is 15.2. The molecule has 0 bridgehead atoms. The molecule has 2 aromatic carbocycles. The van der Waals surface area contributed by atoms with Gasteiger partial charge in [-0.3, -0.25) is 9.69 Å². The lowest BCUT2D eigenvalue weighted by Crippen LogP contribution is -2.23. The Kier molecular flexibility index (Phi) is 5.19. The van der Waals surface area contributed by atoms with Crippen LogP contribution in [0.1, 0.15) is 15.9 Å². The normalized spacial score (nSPS) is 14.0. The minimum atomic E-state index is -0.390. The zero-order valence-electron chi connectivity index (χ0n) is 13.6. The molecule has 0 aliphatic carbocycles. The fourth-order valence-corrected chi connectivity index (χ4v) is 2.93. The van der Waals surface area contributed by atoms with Gasteiger partial charge in [-0.1, -0.05) is 28.1 Å². The highest BCUT2D eigenvalue weighted by atomic mass is 79.9. The number of halogens is 1. The van der Waals surface area contributed by atoms with Gasteiger partial charge >= 0.3 is 6.09 Å². The molecule has 0 saturated carbocycles. The van der Waals surface area contributed by atoms with Crippen LogP contribution in [-0.2, 0) is 4.74 Å². The van der Waals surface area contributed by atoms with Crippen molar-refractivity contribution >= 4 is 39.6 Å². The molecule has 1 aliphatic heterocycles. The summed E-state index contributed by atoms with van der Waals surface area (Å²) >= 11 is 3.41. The Morgan fingerprint density at radius 1 is 1.28 bits per heavy atom. The smallest absolute Gasteiger partial charge is 0.414 e. The molecule has 0 N–H and O–H groups in total. The molecule has 25 heavy (non-hydrogen) atoms. The Balaban J connectivity index is 1.82. The average molecular weight is 402 g/mol. The minimum absolute atomic E-state index is 0.156. The van der Waals surface area contributed by atoms with Crippen molar-refractivity contribution in [3.8, 4) is 5.75 Å². The van der Waals surface area contributed by atoms with Gasteiger partial charge in [0.15, 0.2) is 5.78 Å². The van der Waals surface area contributed by atoms with E-state index < -0.39 is 0 Å². The summed E-state index contributed by atoms with van der Waals surface area (Å²) in [5, 5.41) is 0. The predicted octanol–water partition coefficient (Wildman–Crippen LogP) is 4.31. The number of amides is 1. The van der Waals surface area contributed by atoms with Gasteiger partial charge in [0.05, 0.1) is 13.7 Å². The van der Waals surface area contributed by atoms with Gasteiger partial charge in [0.25, 0.3) is 0 Å². The fraction of sp³-hybridized carbons (Fsp3) is 0.158. The van der Waals surface area contributed by atoms with Crippen LogP contribution in [-0.4, -0.2) is 32.1 Å². The Morgan fingerprint density at radius 3 is 2.84 bits per heavy atom. The van der Waals surface area contributed by atoms with E-state index in [4.69, 9.17) is 9.47 Å². The SMILES string of the molecule is COc1ccc(Br)cc1/C=C/C(=O)c1cccc(N2CCOC2=O)c1. The van der Waals surface area contributed by atoms with Crippen LogP contribution in [0.5, 0.6) is 5.75 Å². The first-order valence-corrected chi connectivity index (χ1v) is 8.48. The quantitative estimate of drug-likeness (QED) is 0.553. The van der Waals surface area contributed by atoms with Crippen LogP contribution < -0.4 is 9.64 Å². The number of ketones is 1. The van der Waals surface area contributed by atoms with Gasteiger partial charge < -0.3 is 9.47 Å². The first kappa shape index (κ1) is 17.2. The van der Waals surface area contributed by atoms with Crippen molar-refractivity contribution in [1.82, 2.24) is 0 Å². The van der Waals surface area contributed by atoms with E-state index in [1.54, 1.807) is 37.5 Å². The molecule has 6 heteroatoms. The van der Waals surface area contributed by atoms with E-state index in [0.717, 1.165) is 10.0 Å². The fourth-order valence-electron chi connectivity index (χ4n) is 2.55. The molecule has 5 nitrogen and oxygen atoms in total. The molecule has 1 fully saturated rings. The maximum atomic E-state index is 12.5. The van der Waals surface area contributed by atoms with Crippen LogP contribution in [0.2, 0.25) is 0 Å². The number of anilines is 1. The van der Waals surface area contributed by atoms with Gasteiger partial charge in [0, 0.05) is 21.3 Å². The number of ether oxygens (including phenoxy) is 2. The van der Waals surface area contributed by atoms with E-state index in [2.05, 4.69) is 15.9 Å². The number of nitrogens with zero attached hydrogens (tertiary/aromatic N) is 1. The number of benzene rings is 2. The van der Waals surface area contributed by atoms with Crippen LogP contribution in [0.25, 0.3) is 6.08 Å². The van der Waals surface area contributed by atoms with Gasteiger partial charge in [-0.2, -0.15) is 0 Å². The summed E-state index contributed by atoms with van der Waals surface area (Å²) in [4.78, 5) is 25.6. The largest absolute Gasteiger partial charge is 0.496 e. The van der Waals surface area contributed by atoms with E-state index in [1.807, 2.05) is 18.2 Å². The molecule has 1 heterocycles. The van der Waals surface area contributed by atoms with Crippen molar-refractivity contribution in [1.29, 1.82) is 0 Å². The summed E-state index contributed by atoms with van der Waals surface area (Å²) in [7, 11) is 1.58. The lowest BCUT2D eigenvalue weighted by Gasteiger charge is -2.13. The van der Waals surface area contributed by atoms with Crippen LogP contribution in [0, 0.1) is 0 Å². The summed E-state index contributed by atoms with van der Waals surface area (Å²) in [6.45, 7) is 0.848. The summed E-state index contributed by atoms with van der Waals surface area (Å²) < 4.78 is 11.1. The summed E-state index contributed by atoms with van der Waals surface area (Å²) in [5.74, 6) is 0.525. The second-order valence-electron chi connectivity index (χ2n) is 5.40. The summed E-state index contributed by atoms with van der Waals surface area (Å²) in [6, 6.07) is 12.5. The molecule has 0 unspecified atom stereocenters. The van der Waals surface area contributed by atoms with Gasteiger partial charge in [0.1, 0.15) is 12.4 Å². The zero-order chi connectivity index (χ0) is 17.8. The van der Waals surface area contributed by atoms with Gasteiger partial charge in [-0.05, 0) is 42.5 Å². The number of rotatable bonds is 5. The third kappa shape index (κ3) is 3.91. The van der Waals surface area contributed by atoms with Crippen LogP contribution >= 0.6 is 15.9 Å². The Labute approximate surface area is 154 Å². The molecule has 0 atom stereocenters. The molecule has 0 spiro atoms. The number of allylic oxidation sites excluding steroid dienone is 1. The van der Waals surface area contributed by atoms with Crippen molar-refractivity contribution in [3.05, 3.63) is 64.1 Å². The monoisotopic (exact) mass is 401 g/mol. The number of hydrogen-bond acceptors (Lipinski definition) is 4. The Hall–Kier alpha value is -2.60. The van der Waals surface area contributed by atoms with Crippen molar-refractivity contribution in [2.45, 2.75) is 0 Å². The standard InChI is InChI=1S/C19H16BrNO4/c1-24-18-8-6-15(20)11-14(18)5-7-17(22)13-3-2-4-16(12-13)21-9-10-25-19(21)23/h2-8,11-12H,9-10H2,1H3/b7-5+. The second kappa shape index (κ2) is 7.53. The van der Waals surface area contributed by atoms with Gasteiger partial charge in [-0.15, -0.1) is 0 Å². The highest BCUT2D eigenvalue weighted by Crippen LogP contribution is 2.25. The molecule has 1 aliphatic rings. The number of hydrogen-bond donors (Lipinski definition) is 0. The van der Waals surface area contributed by atoms with Crippen LogP contribution in [0.4, 0.5) is 10.5 Å². The Morgan fingerprint density at radius 2 is 2.12 bits per heavy atom. The second-order valence-corrected chi connectivity index (χ2v) is 6.32. The molecular formula is C19H16BrNO4. The van der Waals surface area contributed by atoms with Crippen molar-refractivity contribution in [3.63, 3.8) is 0 Å². The minimum Gasteiger partial charge on any atom is -0.496 e. The molecule has 0 radical (unpaired) electrons. The number of cyclic esters (lactones) is 1. The average Bonchev–Trinajstić information content (AvgIpc) is 3.06. The highest BCUT2D eigenvalue weighted by molar-refractivity contribution is 9.10. The van der Waals surface area contributed by atoms with Crippen LogP contribution in [0.3, 0.4) is 0 Å².